The number of hydrogen-bond acceptors (Lipinski definition) is 3. The molecule has 1 rings (SSSR count). The highest BCUT2D eigenvalue weighted by Crippen LogP contribution is 2.15. The van der Waals surface area contributed by atoms with Gasteiger partial charge in [-0.05, 0) is 41.7 Å². The molecule has 4 heteroatoms. The molecule has 1 amide bonds. The fourth-order valence-electron chi connectivity index (χ4n) is 1.54. The summed E-state index contributed by atoms with van der Waals surface area (Å²) in [6, 6.07) is 1.65. The van der Waals surface area contributed by atoms with Crippen molar-refractivity contribution in [2.45, 2.75) is 39.3 Å². The van der Waals surface area contributed by atoms with Gasteiger partial charge in [0.25, 0.3) is 0 Å². The molecular formula is C12H20N2OS. The zero-order valence-corrected chi connectivity index (χ0v) is 10.9. The van der Waals surface area contributed by atoms with E-state index in [9.17, 15) is 4.79 Å². The number of thiophene rings is 1. The number of nitrogens with one attached hydrogen (secondary N) is 1. The highest BCUT2D eigenvalue weighted by Gasteiger charge is 2.17. The molecule has 1 heterocycles. The molecule has 0 aliphatic rings. The molecule has 0 aliphatic carbocycles. The first-order valence-corrected chi connectivity index (χ1v) is 6.53. The number of hydrogen-bond donors (Lipinski definition) is 2. The van der Waals surface area contributed by atoms with Crippen molar-refractivity contribution < 1.29 is 4.79 Å². The summed E-state index contributed by atoms with van der Waals surface area (Å²) in [4.78, 5) is 11.8. The minimum absolute atomic E-state index is 0.0389. The Bertz CT molecular complexity index is 322. The van der Waals surface area contributed by atoms with Gasteiger partial charge in [0.2, 0.25) is 5.91 Å². The second-order valence-electron chi connectivity index (χ2n) is 4.52. The molecule has 90 valence electrons. The van der Waals surface area contributed by atoms with Crippen molar-refractivity contribution in [1.82, 2.24) is 5.32 Å². The average Bonchev–Trinajstić information content (AvgIpc) is 2.68. The topological polar surface area (TPSA) is 55.1 Å². The molecule has 1 unspecified atom stereocenters. The van der Waals surface area contributed by atoms with Gasteiger partial charge in [0.1, 0.15) is 0 Å². The van der Waals surface area contributed by atoms with Crippen molar-refractivity contribution in [1.29, 1.82) is 0 Å². The van der Waals surface area contributed by atoms with E-state index in [0.717, 1.165) is 12.0 Å². The summed E-state index contributed by atoms with van der Waals surface area (Å²) in [6.45, 7) is 6.10. The third-order valence-corrected chi connectivity index (χ3v) is 3.17. The van der Waals surface area contributed by atoms with Crippen LogP contribution in [0.2, 0.25) is 0 Å². The van der Waals surface area contributed by atoms with Crippen LogP contribution in [0.4, 0.5) is 0 Å². The first-order valence-electron chi connectivity index (χ1n) is 5.58. The third kappa shape index (κ3) is 3.94. The van der Waals surface area contributed by atoms with E-state index in [-0.39, 0.29) is 11.9 Å². The molecule has 0 saturated carbocycles. The SMILES string of the molecule is CC(C)C[C@@H](N)C(=O)NC(C)c1ccsc1. The van der Waals surface area contributed by atoms with Gasteiger partial charge >= 0.3 is 0 Å². The smallest absolute Gasteiger partial charge is 0.237 e. The van der Waals surface area contributed by atoms with E-state index in [0.29, 0.717) is 5.92 Å². The first-order chi connectivity index (χ1) is 7.50. The van der Waals surface area contributed by atoms with Crippen molar-refractivity contribution in [2.24, 2.45) is 11.7 Å². The van der Waals surface area contributed by atoms with Crippen LogP contribution in [0.25, 0.3) is 0 Å². The summed E-state index contributed by atoms with van der Waals surface area (Å²) in [6.07, 6.45) is 0.724. The van der Waals surface area contributed by atoms with Gasteiger partial charge in [-0.3, -0.25) is 4.79 Å². The molecule has 16 heavy (non-hydrogen) atoms. The van der Waals surface area contributed by atoms with E-state index in [2.05, 4.69) is 19.2 Å². The Labute approximate surface area is 101 Å². The lowest BCUT2D eigenvalue weighted by atomic mass is 10.0. The van der Waals surface area contributed by atoms with Crippen LogP contribution in [0, 0.1) is 5.92 Å². The van der Waals surface area contributed by atoms with E-state index in [1.165, 1.54) is 0 Å². The maximum absolute atomic E-state index is 11.8. The molecule has 0 radical (unpaired) electrons. The Balaban J connectivity index is 2.45. The zero-order valence-electron chi connectivity index (χ0n) is 10.1. The molecule has 1 aromatic rings. The van der Waals surface area contributed by atoms with Crippen LogP contribution < -0.4 is 11.1 Å². The molecule has 3 N–H and O–H groups in total. The van der Waals surface area contributed by atoms with Gasteiger partial charge in [-0.15, -0.1) is 0 Å². The van der Waals surface area contributed by atoms with Gasteiger partial charge in [-0.25, -0.2) is 0 Å². The lowest BCUT2D eigenvalue weighted by Gasteiger charge is -2.18. The Hall–Kier alpha value is -0.870. The average molecular weight is 240 g/mol. The van der Waals surface area contributed by atoms with Gasteiger partial charge in [-0.1, -0.05) is 13.8 Å². The van der Waals surface area contributed by atoms with Crippen LogP contribution in [0.15, 0.2) is 16.8 Å². The van der Waals surface area contributed by atoms with Crippen LogP contribution >= 0.6 is 11.3 Å². The standard InChI is InChI=1S/C12H20N2OS/c1-8(2)6-11(13)12(15)14-9(3)10-4-5-16-7-10/h4-5,7-9,11H,6,13H2,1-3H3,(H,14,15)/t9?,11-/m1/s1. The number of carbonyl (C=O) groups is 1. The third-order valence-electron chi connectivity index (χ3n) is 2.46. The second kappa shape index (κ2) is 6.01. The van der Waals surface area contributed by atoms with E-state index in [4.69, 9.17) is 5.73 Å². The molecule has 0 saturated heterocycles. The van der Waals surface area contributed by atoms with Crippen molar-refractivity contribution >= 4 is 17.2 Å². The van der Waals surface area contributed by atoms with Crippen LogP contribution in [0.5, 0.6) is 0 Å². The van der Waals surface area contributed by atoms with Crippen LogP contribution in [-0.2, 0) is 4.79 Å². The van der Waals surface area contributed by atoms with Gasteiger partial charge in [0.15, 0.2) is 0 Å². The van der Waals surface area contributed by atoms with E-state index in [1.807, 2.05) is 23.8 Å². The highest BCUT2D eigenvalue weighted by molar-refractivity contribution is 7.07. The molecule has 0 spiro atoms. The van der Waals surface area contributed by atoms with E-state index in [1.54, 1.807) is 11.3 Å². The summed E-state index contributed by atoms with van der Waals surface area (Å²) >= 11 is 1.63. The Morgan fingerprint density at radius 2 is 2.19 bits per heavy atom. The van der Waals surface area contributed by atoms with Crippen LogP contribution in [0.3, 0.4) is 0 Å². The number of nitrogens with two attached hydrogens (primary N) is 1. The van der Waals surface area contributed by atoms with Crippen molar-refractivity contribution in [2.75, 3.05) is 0 Å². The summed E-state index contributed by atoms with van der Waals surface area (Å²) < 4.78 is 0. The fraction of sp³-hybridized carbons (Fsp3) is 0.583. The summed E-state index contributed by atoms with van der Waals surface area (Å²) in [5, 5.41) is 6.98. The van der Waals surface area contributed by atoms with Crippen molar-refractivity contribution in [3.8, 4) is 0 Å². The molecule has 0 aliphatic heterocycles. The number of amides is 1. The number of carbonyl (C=O) groups excluding carboxylic acids is 1. The Kier molecular flexibility index (Phi) is 4.96. The lowest BCUT2D eigenvalue weighted by molar-refractivity contribution is -0.123. The van der Waals surface area contributed by atoms with Gasteiger partial charge < -0.3 is 11.1 Å². The summed E-state index contributed by atoms with van der Waals surface area (Å²) in [5.74, 6) is 0.379. The molecule has 0 aromatic carbocycles. The lowest BCUT2D eigenvalue weighted by Crippen LogP contribution is -2.42. The second-order valence-corrected chi connectivity index (χ2v) is 5.30. The minimum Gasteiger partial charge on any atom is -0.348 e. The first kappa shape index (κ1) is 13.2. The predicted molar refractivity (Wildman–Crippen MR) is 68.3 cm³/mol. The Morgan fingerprint density at radius 1 is 1.50 bits per heavy atom. The van der Waals surface area contributed by atoms with Gasteiger partial charge in [0, 0.05) is 0 Å². The molecular weight excluding hydrogens is 220 g/mol. The van der Waals surface area contributed by atoms with Gasteiger partial charge in [0.05, 0.1) is 12.1 Å². The van der Waals surface area contributed by atoms with Crippen molar-refractivity contribution in [3.05, 3.63) is 22.4 Å². The monoisotopic (exact) mass is 240 g/mol. The summed E-state index contributed by atoms with van der Waals surface area (Å²) in [5.41, 5.74) is 6.94. The zero-order chi connectivity index (χ0) is 12.1. The fourth-order valence-corrected chi connectivity index (χ4v) is 2.29. The minimum atomic E-state index is -0.402. The van der Waals surface area contributed by atoms with Gasteiger partial charge in [-0.2, -0.15) is 11.3 Å². The number of rotatable bonds is 5. The molecule has 0 bridgehead atoms. The highest BCUT2D eigenvalue weighted by atomic mass is 32.1. The van der Waals surface area contributed by atoms with Crippen LogP contribution in [0.1, 0.15) is 38.8 Å². The Morgan fingerprint density at radius 3 is 2.69 bits per heavy atom. The maximum Gasteiger partial charge on any atom is 0.237 e. The largest absolute Gasteiger partial charge is 0.348 e. The molecule has 3 nitrogen and oxygen atoms in total. The molecule has 0 fully saturated rings. The predicted octanol–water partition coefficient (Wildman–Crippen LogP) is 2.30. The van der Waals surface area contributed by atoms with E-state index >= 15 is 0 Å². The quantitative estimate of drug-likeness (QED) is 0.829. The van der Waals surface area contributed by atoms with Crippen LogP contribution in [-0.4, -0.2) is 11.9 Å². The maximum atomic E-state index is 11.8. The normalized spacial score (nSPS) is 14.8. The van der Waals surface area contributed by atoms with E-state index < -0.39 is 6.04 Å². The molecule has 2 atom stereocenters. The summed E-state index contributed by atoms with van der Waals surface area (Å²) in [7, 11) is 0. The van der Waals surface area contributed by atoms with Crippen molar-refractivity contribution in [3.63, 3.8) is 0 Å². The molecule has 1 aromatic heterocycles.